The summed E-state index contributed by atoms with van der Waals surface area (Å²) in [4.78, 5) is 0. The average Bonchev–Trinajstić information content (AvgIpc) is 2.37. The molecule has 17 heavy (non-hydrogen) atoms. The van der Waals surface area contributed by atoms with Crippen molar-refractivity contribution < 1.29 is 13.5 Å². The zero-order chi connectivity index (χ0) is 12.3. The van der Waals surface area contributed by atoms with Crippen molar-refractivity contribution in [3.63, 3.8) is 0 Å². The summed E-state index contributed by atoms with van der Waals surface area (Å²) in [5.74, 6) is -2.08. The van der Waals surface area contributed by atoms with Gasteiger partial charge in [-0.1, -0.05) is 0 Å². The van der Waals surface area contributed by atoms with Crippen molar-refractivity contribution in [1.29, 1.82) is 5.26 Å². The molecule has 1 aliphatic heterocycles. The summed E-state index contributed by atoms with van der Waals surface area (Å²) in [6.45, 7) is 1.25. The predicted octanol–water partition coefficient (Wildman–Crippen LogP) is 2.43. The van der Waals surface area contributed by atoms with Gasteiger partial charge in [0.1, 0.15) is 6.07 Å². The molecule has 1 aromatic rings. The quantitative estimate of drug-likeness (QED) is 0.860. The van der Waals surface area contributed by atoms with Crippen LogP contribution >= 0.6 is 0 Å². The second-order valence-electron chi connectivity index (χ2n) is 3.93. The molecule has 0 saturated carbocycles. The van der Waals surface area contributed by atoms with Crippen LogP contribution < -0.4 is 5.32 Å². The zero-order valence-electron chi connectivity index (χ0n) is 9.17. The van der Waals surface area contributed by atoms with Gasteiger partial charge in [-0.05, 0) is 25.0 Å². The van der Waals surface area contributed by atoms with Crippen molar-refractivity contribution in [2.24, 2.45) is 0 Å². The van der Waals surface area contributed by atoms with Crippen molar-refractivity contribution in [2.45, 2.75) is 18.9 Å². The fourth-order valence-corrected chi connectivity index (χ4v) is 1.81. The van der Waals surface area contributed by atoms with E-state index in [1.807, 2.05) is 0 Å². The standard InChI is InChI=1S/C12H12F2N2O/c13-11-8(7-15)1-2-10(12(11)14)16-9-3-5-17-6-4-9/h1-2,9,16H,3-6H2. The highest BCUT2D eigenvalue weighted by Gasteiger charge is 2.18. The molecule has 0 radical (unpaired) electrons. The van der Waals surface area contributed by atoms with E-state index in [1.54, 1.807) is 6.07 Å². The molecule has 0 amide bonds. The summed E-state index contributed by atoms with van der Waals surface area (Å²) in [6, 6.07) is 4.37. The normalized spacial score (nSPS) is 16.5. The Kier molecular flexibility index (Phi) is 3.55. The van der Waals surface area contributed by atoms with Gasteiger partial charge in [-0.15, -0.1) is 0 Å². The molecule has 1 aliphatic rings. The summed E-state index contributed by atoms with van der Waals surface area (Å²) in [7, 11) is 0. The lowest BCUT2D eigenvalue weighted by Gasteiger charge is -2.24. The summed E-state index contributed by atoms with van der Waals surface area (Å²) in [5, 5.41) is 11.5. The molecule has 2 rings (SSSR count). The Morgan fingerprint density at radius 1 is 1.24 bits per heavy atom. The maximum atomic E-state index is 13.6. The highest BCUT2D eigenvalue weighted by atomic mass is 19.2. The van der Waals surface area contributed by atoms with Crippen LogP contribution in [0.5, 0.6) is 0 Å². The summed E-state index contributed by atoms with van der Waals surface area (Å²) >= 11 is 0. The van der Waals surface area contributed by atoms with E-state index in [2.05, 4.69) is 5.32 Å². The Labute approximate surface area is 98.0 Å². The number of hydrogen-bond acceptors (Lipinski definition) is 3. The number of ether oxygens (including phenoxy) is 1. The van der Waals surface area contributed by atoms with E-state index in [1.165, 1.54) is 12.1 Å². The predicted molar refractivity (Wildman–Crippen MR) is 58.5 cm³/mol. The molecule has 90 valence electrons. The SMILES string of the molecule is N#Cc1ccc(NC2CCOCC2)c(F)c1F. The second kappa shape index (κ2) is 5.11. The molecule has 5 heteroatoms. The molecular weight excluding hydrogens is 226 g/mol. The van der Waals surface area contributed by atoms with Gasteiger partial charge in [0.25, 0.3) is 0 Å². The van der Waals surface area contributed by atoms with E-state index >= 15 is 0 Å². The third kappa shape index (κ3) is 2.53. The highest BCUT2D eigenvalue weighted by Crippen LogP contribution is 2.22. The molecule has 1 saturated heterocycles. The Hall–Kier alpha value is -1.67. The van der Waals surface area contributed by atoms with E-state index in [9.17, 15) is 8.78 Å². The monoisotopic (exact) mass is 238 g/mol. The number of benzene rings is 1. The van der Waals surface area contributed by atoms with Gasteiger partial charge >= 0.3 is 0 Å². The van der Waals surface area contributed by atoms with E-state index in [-0.39, 0.29) is 17.3 Å². The molecule has 0 spiro atoms. The van der Waals surface area contributed by atoms with Crippen LogP contribution in [-0.4, -0.2) is 19.3 Å². The first kappa shape index (κ1) is 11.8. The molecule has 1 fully saturated rings. The molecule has 0 atom stereocenters. The lowest BCUT2D eigenvalue weighted by atomic mass is 10.1. The van der Waals surface area contributed by atoms with Gasteiger partial charge in [0.05, 0.1) is 11.3 Å². The number of nitriles is 1. The maximum Gasteiger partial charge on any atom is 0.183 e. The molecule has 0 bridgehead atoms. The number of halogens is 2. The summed E-state index contributed by atoms with van der Waals surface area (Å²) < 4.78 is 32.1. The van der Waals surface area contributed by atoms with Gasteiger partial charge in [-0.3, -0.25) is 0 Å². The average molecular weight is 238 g/mol. The van der Waals surface area contributed by atoms with Gasteiger partial charge in [-0.25, -0.2) is 8.78 Å². The Morgan fingerprint density at radius 3 is 2.59 bits per heavy atom. The second-order valence-corrected chi connectivity index (χ2v) is 3.93. The fraction of sp³-hybridized carbons (Fsp3) is 0.417. The first-order valence-electron chi connectivity index (χ1n) is 5.44. The van der Waals surface area contributed by atoms with Crippen LogP contribution in [0.4, 0.5) is 14.5 Å². The minimum absolute atomic E-state index is 0.0885. The number of nitrogens with zero attached hydrogens (tertiary/aromatic N) is 1. The van der Waals surface area contributed by atoms with Crippen LogP contribution in [0.25, 0.3) is 0 Å². The molecule has 1 aromatic carbocycles. The number of anilines is 1. The van der Waals surface area contributed by atoms with Crippen molar-refractivity contribution in [3.05, 3.63) is 29.3 Å². The highest BCUT2D eigenvalue weighted by molar-refractivity contribution is 5.50. The van der Waals surface area contributed by atoms with Gasteiger partial charge < -0.3 is 10.1 Å². The van der Waals surface area contributed by atoms with E-state index in [0.29, 0.717) is 13.2 Å². The molecular formula is C12H12F2N2O. The Morgan fingerprint density at radius 2 is 1.94 bits per heavy atom. The van der Waals surface area contributed by atoms with Crippen LogP contribution in [0.1, 0.15) is 18.4 Å². The van der Waals surface area contributed by atoms with Crippen LogP contribution in [0, 0.1) is 23.0 Å². The van der Waals surface area contributed by atoms with Gasteiger partial charge in [-0.2, -0.15) is 5.26 Å². The number of nitrogens with one attached hydrogen (secondary N) is 1. The van der Waals surface area contributed by atoms with Crippen molar-refractivity contribution in [3.8, 4) is 6.07 Å². The van der Waals surface area contributed by atoms with Crippen LogP contribution in [0.3, 0.4) is 0 Å². The lowest BCUT2D eigenvalue weighted by molar-refractivity contribution is 0.0904. The Balaban J connectivity index is 2.16. The van der Waals surface area contributed by atoms with E-state index < -0.39 is 11.6 Å². The van der Waals surface area contributed by atoms with Gasteiger partial charge in [0, 0.05) is 19.3 Å². The van der Waals surface area contributed by atoms with Crippen LogP contribution in [-0.2, 0) is 4.74 Å². The third-order valence-corrected chi connectivity index (χ3v) is 2.78. The largest absolute Gasteiger partial charge is 0.381 e. The molecule has 0 aliphatic carbocycles. The van der Waals surface area contributed by atoms with Gasteiger partial charge in [0.2, 0.25) is 0 Å². The fourth-order valence-electron chi connectivity index (χ4n) is 1.81. The van der Waals surface area contributed by atoms with Crippen molar-refractivity contribution in [2.75, 3.05) is 18.5 Å². The van der Waals surface area contributed by atoms with Crippen molar-refractivity contribution in [1.82, 2.24) is 0 Å². The lowest BCUT2D eigenvalue weighted by Crippen LogP contribution is -2.28. The zero-order valence-corrected chi connectivity index (χ0v) is 9.17. The number of rotatable bonds is 2. The first-order chi connectivity index (χ1) is 8.22. The van der Waals surface area contributed by atoms with E-state index in [4.69, 9.17) is 10.00 Å². The minimum Gasteiger partial charge on any atom is -0.381 e. The first-order valence-corrected chi connectivity index (χ1v) is 5.44. The molecule has 1 heterocycles. The summed E-state index contributed by atoms with van der Waals surface area (Å²) in [6.07, 6.45) is 1.53. The van der Waals surface area contributed by atoms with Crippen LogP contribution in [0.15, 0.2) is 12.1 Å². The molecule has 0 aromatic heterocycles. The third-order valence-electron chi connectivity index (χ3n) is 2.78. The topological polar surface area (TPSA) is 45.0 Å². The van der Waals surface area contributed by atoms with E-state index in [0.717, 1.165) is 12.8 Å². The van der Waals surface area contributed by atoms with Crippen LogP contribution in [0.2, 0.25) is 0 Å². The van der Waals surface area contributed by atoms with Crippen molar-refractivity contribution >= 4 is 5.69 Å². The summed E-state index contributed by atoms with van der Waals surface area (Å²) in [5.41, 5.74) is -0.173. The molecule has 0 unspecified atom stereocenters. The number of hydrogen-bond donors (Lipinski definition) is 1. The molecule has 3 nitrogen and oxygen atoms in total. The molecule has 1 N–H and O–H groups in total. The minimum atomic E-state index is -1.09. The maximum absolute atomic E-state index is 13.6. The Bertz CT molecular complexity index is 451. The van der Waals surface area contributed by atoms with Gasteiger partial charge in [0.15, 0.2) is 11.6 Å². The smallest absolute Gasteiger partial charge is 0.183 e.